The summed E-state index contributed by atoms with van der Waals surface area (Å²) in [7, 11) is 0. The lowest BCUT2D eigenvalue weighted by Crippen LogP contribution is -2.34. The number of carboxylic acid groups (broad SMARTS) is 1. The number of carbonyl (C=O) groups excluding carboxylic acids is 1. The maximum absolute atomic E-state index is 11.4. The van der Waals surface area contributed by atoms with Crippen molar-refractivity contribution in [3.63, 3.8) is 0 Å². The van der Waals surface area contributed by atoms with Crippen molar-refractivity contribution < 1.29 is 14.7 Å². The highest BCUT2D eigenvalue weighted by atomic mass is 32.2. The van der Waals surface area contributed by atoms with Gasteiger partial charge in [0.25, 0.3) is 0 Å². The van der Waals surface area contributed by atoms with E-state index in [1.807, 2.05) is 0 Å². The highest BCUT2D eigenvalue weighted by Gasteiger charge is 2.47. The van der Waals surface area contributed by atoms with E-state index in [2.05, 4.69) is 0 Å². The van der Waals surface area contributed by atoms with E-state index in [1.165, 1.54) is 0 Å². The minimum absolute atomic E-state index is 0.187. The number of aliphatic carboxylic acids is 1. The molecule has 0 unspecified atom stereocenters. The van der Waals surface area contributed by atoms with E-state index >= 15 is 0 Å². The van der Waals surface area contributed by atoms with E-state index in [4.69, 9.17) is 5.11 Å². The predicted octanol–water partition coefficient (Wildman–Crippen LogP) is 1.52. The van der Waals surface area contributed by atoms with Gasteiger partial charge >= 0.3 is 5.97 Å². The van der Waals surface area contributed by atoms with Crippen LogP contribution in [0.3, 0.4) is 0 Å². The van der Waals surface area contributed by atoms with Gasteiger partial charge in [-0.15, -0.1) is 0 Å². The molecule has 1 saturated carbocycles. The van der Waals surface area contributed by atoms with Crippen molar-refractivity contribution in [2.24, 2.45) is 5.41 Å². The van der Waals surface area contributed by atoms with Crippen LogP contribution >= 0.6 is 11.8 Å². The normalized spacial score (nSPS) is 20.8. The molecule has 4 heteroatoms. The van der Waals surface area contributed by atoms with Gasteiger partial charge in [0.05, 0.1) is 0 Å². The fourth-order valence-corrected chi connectivity index (χ4v) is 2.36. The number of carbonyl (C=O) groups is 2. The van der Waals surface area contributed by atoms with Gasteiger partial charge in [0.2, 0.25) is 5.12 Å². The summed E-state index contributed by atoms with van der Waals surface area (Å²) < 4.78 is 0. The first-order valence-electron chi connectivity index (χ1n) is 3.95. The van der Waals surface area contributed by atoms with Gasteiger partial charge in [-0.2, -0.15) is 0 Å². The van der Waals surface area contributed by atoms with Gasteiger partial charge in [0, 0.05) is 0 Å². The monoisotopic (exact) mass is 188 g/mol. The van der Waals surface area contributed by atoms with Crippen LogP contribution in [0, 0.1) is 5.41 Å². The molecule has 0 bridgehead atoms. The van der Waals surface area contributed by atoms with Gasteiger partial charge in [-0.05, 0) is 19.1 Å². The van der Waals surface area contributed by atoms with Gasteiger partial charge in [0.1, 0.15) is 5.41 Å². The van der Waals surface area contributed by atoms with E-state index in [9.17, 15) is 9.59 Å². The van der Waals surface area contributed by atoms with Crippen LogP contribution in [0.2, 0.25) is 0 Å². The Labute approximate surface area is 75.5 Å². The average molecular weight is 188 g/mol. The molecule has 12 heavy (non-hydrogen) atoms. The number of hydrogen-bond donors (Lipinski definition) is 1. The second-order valence-corrected chi connectivity index (χ2v) is 3.86. The largest absolute Gasteiger partial charge is 0.480 e. The van der Waals surface area contributed by atoms with E-state index < -0.39 is 11.4 Å². The molecule has 1 aliphatic carbocycles. The fourth-order valence-electron chi connectivity index (χ4n) is 1.68. The molecule has 0 aromatic heterocycles. The standard InChI is InChI=1S/C8H12O3S/c1-12-7(11)8(6(9)10)4-2-3-5-8/h2-5H2,1H3,(H,9,10). The van der Waals surface area contributed by atoms with Crippen molar-refractivity contribution in [2.75, 3.05) is 6.26 Å². The maximum Gasteiger partial charge on any atom is 0.318 e. The zero-order chi connectivity index (χ0) is 9.19. The predicted molar refractivity (Wildman–Crippen MR) is 47.1 cm³/mol. The van der Waals surface area contributed by atoms with E-state index in [1.54, 1.807) is 6.26 Å². The summed E-state index contributed by atoms with van der Waals surface area (Å²) in [6.07, 6.45) is 4.40. The van der Waals surface area contributed by atoms with Crippen LogP contribution in [-0.2, 0) is 9.59 Å². The summed E-state index contributed by atoms with van der Waals surface area (Å²) in [5, 5.41) is 8.74. The first kappa shape index (κ1) is 9.58. The van der Waals surface area contributed by atoms with Crippen molar-refractivity contribution in [3.05, 3.63) is 0 Å². The minimum Gasteiger partial charge on any atom is -0.480 e. The topological polar surface area (TPSA) is 54.4 Å². The Morgan fingerprint density at radius 1 is 1.33 bits per heavy atom. The number of rotatable bonds is 2. The highest BCUT2D eigenvalue weighted by molar-refractivity contribution is 8.13. The highest BCUT2D eigenvalue weighted by Crippen LogP contribution is 2.41. The molecule has 1 rings (SSSR count). The van der Waals surface area contributed by atoms with Crippen LogP contribution in [0.15, 0.2) is 0 Å². The average Bonchev–Trinajstić information content (AvgIpc) is 2.52. The summed E-state index contributed by atoms with van der Waals surface area (Å²) in [6.45, 7) is 0. The maximum atomic E-state index is 11.4. The summed E-state index contributed by atoms with van der Waals surface area (Å²) >= 11 is 1.03. The van der Waals surface area contributed by atoms with Crippen LogP contribution < -0.4 is 0 Å². The smallest absolute Gasteiger partial charge is 0.318 e. The van der Waals surface area contributed by atoms with Crippen LogP contribution in [-0.4, -0.2) is 22.4 Å². The third-order valence-electron chi connectivity index (χ3n) is 2.44. The summed E-state index contributed by atoms with van der Waals surface area (Å²) in [5.41, 5.74) is -1.06. The van der Waals surface area contributed by atoms with Crippen LogP contribution in [0.1, 0.15) is 25.7 Å². The first-order valence-corrected chi connectivity index (χ1v) is 5.18. The molecule has 0 amide bonds. The fraction of sp³-hybridized carbons (Fsp3) is 0.750. The Morgan fingerprint density at radius 2 is 1.83 bits per heavy atom. The molecule has 0 heterocycles. The Kier molecular flexibility index (Phi) is 2.77. The second kappa shape index (κ2) is 3.47. The number of carboxylic acids is 1. The summed E-state index contributed by atoms with van der Waals surface area (Å²) in [4.78, 5) is 22.2. The SMILES string of the molecule is CSC(=O)C1(C(=O)O)CCCC1. The summed E-state index contributed by atoms with van der Waals surface area (Å²) in [5.74, 6) is -0.945. The Morgan fingerprint density at radius 3 is 2.17 bits per heavy atom. The molecular formula is C8H12O3S. The van der Waals surface area contributed by atoms with Gasteiger partial charge in [-0.3, -0.25) is 9.59 Å². The molecule has 1 N–H and O–H groups in total. The van der Waals surface area contributed by atoms with Crippen LogP contribution in [0.4, 0.5) is 0 Å². The zero-order valence-electron chi connectivity index (χ0n) is 7.00. The van der Waals surface area contributed by atoms with E-state index in [0.29, 0.717) is 12.8 Å². The Bertz CT molecular complexity index is 206. The van der Waals surface area contributed by atoms with Crippen LogP contribution in [0.25, 0.3) is 0 Å². The van der Waals surface area contributed by atoms with Crippen LogP contribution in [0.5, 0.6) is 0 Å². The van der Waals surface area contributed by atoms with E-state index in [0.717, 1.165) is 24.6 Å². The van der Waals surface area contributed by atoms with Crippen molar-refractivity contribution in [2.45, 2.75) is 25.7 Å². The second-order valence-electron chi connectivity index (χ2n) is 3.09. The molecule has 1 fully saturated rings. The van der Waals surface area contributed by atoms with Gasteiger partial charge < -0.3 is 5.11 Å². The lowest BCUT2D eigenvalue weighted by atomic mass is 9.88. The third-order valence-corrected chi connectivity index (χ3v) is 3.20. The molecule has 0 radical (unpaired) electrons. The zero-order valence-corrected chi connectivity index (χ0v) is 7.82. The molecule has 0 aromatic rings. The molecule has 1 aliphatic rings. The lowest BCUT2D eigenvalue weighted by molar-refractivity contribution is -0.151. The lowest BCUT2D eigenvalue weighted by Gasteiger charge is -2.19. The Balaban J connectivity index is 2.86. The molecule has 0 aliphatic heterocycles. The van der Waals surface area contributed by atoms with Gasteiger partial charge in [-0.25, -0.2) is 0 Å². The molecule has 0 spiro atoms. The van der Waals surface area contributed by atoms with E-state index in [-0.39, 0.29) is 5.12 Å². The molecule has 0 atom stereocenters. The number of hydrogen-bond acceptors (Lipinski definition) is 3. The minimum atomic E-state index is -1.06. The number of thioether (sulfide) groups is 1. The Hall–Kier alpha value is -0.510. The molecule has 0 saturated heterocycles. The van der Waals surface area contributed by atoms with Gasteiger partial charge in [-0.1, -0.05) is 24.6 Å². The first-order chi connectivity index (χ1) is 5.63. The van der Waals surface area contributed by atoms with Crippen molar-refractivity contribution in [1.29, 1.82) is 0 Å². The van der Waals surface area contributed by atoms with Crippen molar-refractivity contribution >= 4 is 22.8 Å². The molecule has 3 nitrogen and oxygen atoms in total. The van der Waals surface area contributed by atoms with Gasteiger partial charge in [0.15, 0.2) is 0 Å². The molecule has 0 aromatic carbocycles. The van der Waals surface area contributed by atoms with Crippen molar-refractivity contribution in [3.8, 4) is 0 Å². The molecular weight excluding hydrogens is 176 g/mol. The molecule has 68 valence electrons. The van der Waals surface area contributed by atoms with Crippen molar-refractivity contribution in [1.82, 2.24) is 0 Å². The third kappa shape index (κ3) is 1.35. The summed E-state index contributed by atoms with van der Waals surface area (Å²) in [6, 6.07) is 0. The quantitative estimate of drug-likeness (QED) is 0.667.